The molecule has 0 saturated carbocycles. The molecule has 0 amide bonds. The van der Waals surface area contributed by atoms with E-state index in [1.165, 1.54) is 5.56 Å². The van der Waals surface area contributed by atoms with Gasteiger partial charge in [-0.15, -0.1) is 10.2 Å². The van der Waals surface area contributed by atoms with E-state index in [9.17, 15) is 0 Å². The number of aryl methyl sites for hydroxylation is 3. The Hall–Kier alpha value is -1.88. The second-order valence-electron chi connectivity index (χ2n) is 5.74. The molecule has 1 aromatic carbocycles. The lowest BCUT2D eigenvalue weighted by Crippen LogP contribution is -2.22. The van der Waals surface area contributed by atoms with Gasteiger partial charge in [0.2, 0.25) is 11.8 Å². The number of ether oxygens (including phenoxy) is 1. The SMILES string of the molecule is CCc1nnc(C(C)N(C)Cc2cc(C)c(OC)c(C)c2)o1. The van der Waals surface area contributed by atoms with Crippen molar-refractivity contribution in [2.45, 2.75) is 46.7 Å². The van der Waals surface area contributed by atoms with Gasteiger partial charge in [0.15, 0.2) is 0 Å². The van der Waals surface area contributed by atoms with E-state index in [0.29, 0.717) is 11.8 Å². The second kappa shape index (κ2) is 6.92. The van der Waals surface area contributed by atoms with Crippen molar-refractivity contribution in [3.8, 4) is 5.75 Å². The molecule has 0 spiro atoms. The van der Waals surface area contributed by atoms with Crippen LogP contribution in [0.1, 0.15) is 48.4 Å². The van der Waals surface area contributed by atoms with E-state index in [0.717, 1.165) is 29.8 Å². The predicted molar refractivity (Wildman–Crippen MR) is 86.0 cm³/mol. The first-order chi connectivity index (χ1) is 10.5. The van der Waals surface area contributed by atoms with E-state index < -0.39 is 0 Å². The van der Waals surface area contributed by atoms with Crippen LogP contribution in [0.5, 0.6) is 5.75 Å². The molecular weight excluding hydrogens is 278 g/mol. The lowest BCUT2D eigenvalue weighted by atomic mass is 10.0. The summed E-state index contributed by atoms with van der Waals surface area (Å²) in [4.78, 5) is 2.20. The zero-order chi connectivity index (χ0) is 16.3. The van der Waals surface area contributed by atoms with E-state index >= 15 is 0 Å². The molecule has 5 nitrogen and oxygen atoms in total. The van der Waals surface area contributed by atoms with Gasteiger partial charge < -0.3 is 9.15 Å². The van der Waals surface area contributed by atoms with Crippen molar-refractivity contribution in [1.29, 1.82) is 0 Å². The van der Waals surface area contributed by atoms with Gasteiger partial charge in [0.05, 0.1) is 13.2 Å². The summed E-state index contributed by atoms with van der Waals surface area (Å²) in [5.74, 6) is 2.32. The quantitative estimate of drug-likeness (QED) is 0.818. The van der Waals surface area contributed by atoms with Crippen LogP contribution in [0, 0.1) is 13.8 Å². The average Bonchev–Trinajstić information content (AvgIpc) is 2.95. The Morgan fingerprint density at radius 2 is 1.86 bits per heavy atom. The van der Waals surface area contributed by atoms with Gasteiger partial charge in [-0.2, -0.15) is 0 Å². The second-order valence-corrected chi connectivity index (χ2v) is 5.74. The van der Waals surface area contributed by atoms with Crippen LogP contribution in [0.4, 0.5) is 0 Å². The van der Waals surface area contributed by atoms with Crippen molar-refractivity contribution >= 4 is 0 Å². The van der Waals surface area contributed by atoms with Gasteiger partial charge in [0, 0.05) is 13.0 Å². The smallest absolute Gasteiger partial charge is 0.233 e. The van der Waals surface area contributed by atoms with Gasteiger partial charge in [0.25, 0.3) is 0 Å². The van der Waals surface area contributed by atoms with Crippen molar-refractivity contribution in [2.24, 2.45) is 0 Å². The summed E-state index contributed by atoms with van der Waals surface area (Å²) in [7, 11) is 3.78. The first-order valence-electron chi connectivity index (χ1n) is 7.62. The Morgan fingerprint density at radius 3 is 2.36 bits per heavy atom. The Bertz CT molecular complexity index is 614. The van der Waals surface area contributed by atoms with Gasteiger partial charge in [-0.05, 0) is 44.5 Å². The van der Waals surface area contributed by atoms with Crippen LogP contribution >= 0.6 is 0 Å². The third kappa shape index (κ3) is 3.47. The van der Waals surface area contributed by atoms with E-state index in [2.05, 4.69) is 55.0 Å². The van der Waals surface area contributed by atoms with Gasteiger partial charge in [-0.3, -0.25) is 4.90 Å². The average molecular weight is 303 g/mol. The molecule has 1 unspecified atom stereocenters. The summed E-state index contributed by atoms with van der Waals surface area (Å²) >= 11 is 0. The number of hydrogen-bond donors (Lipinski definition) is 0. The van der Waals surface area contributed by atoms with E-state index in [-0.39, 0.29) is 6.04 Å². The first kappa shape index (κ1) is 16.5. The normalized spacial score (nSPS) is 12.7. The van der Waals surface area contributed by atoms with Gasteiger partial charge in [0.1, 0.15) is 5.75 Å². The number of nitrogens with zero attached hydrogens (tertiary/aromatic N) is 3. The first-order valence-corrected chi connectivity index (χ1v) is 7.62. The minimum absolute atomic E-state index is 0.0792. The van der Waals surface area contributed by atoms with Gasteiger partial charge in [-0.1, -0.05) is 19.1 Å². The van der Waals surface area contributed by atoms with E-state index in [4.69, 9.17) is 9.15 Å². The van der Waals surface area contributed by atoms with Crippen molar-refractivity contribution in [3.05, 3.63) is 40.6 Å². The summed E-state index contributed by atoms with van der Waals surface area (Å²) in [6.07, 6.45) is 0.764. The molecule has 2 rings (SSSR count). The maximum atomic E-state index is 5.65. The molecule has 1 atom stereocenters. The van der Waals surface area contributed by atoms with Crippen LogP contribution < -0.4 is 4.74 Å². The van der Waals surface area contributed by atoms with Crippen LogP contribution in [0.15, 0.2) is 16.5 Å². The van der Waals surface area contributed by atoms with Gasteiger partial charge >= 0.3 is 0 Å². The van der Waals surface area contributed by atoms with Crippen molar-refractivity contribution in [2.75, 3.05) is 14.2 Å². The monoisotopic (exact) mass is 303 g/mol. The number of aromatic nitrogens is 2. The van der Waals surface area contributed by atoms with Crippen LogP contribution in [0.25, 0.3) is 0 Å². The van der Waals surface area contributed by atoms with E-state index in [1.807, 2.05) is 6.92 Å². The highest BCUT2D eigenvalue weighted by atomic mass is 16.5. The number of hydrogen-bond acceptors (Lipinski definition) is 5. The van der Waals surface area contributed by atoms with Crippen LogP contribution in [-0.2, 0) is 13.0 Å². The molecule has 22 heavy (non-hydrogen) atoms. The molecule has 0 aliphatic rings. The topological polar surface area (TPSA) is 51.4 Å². The minimum atomic E-state index is 0.0792. The third-order valence-corrected chi connectivity index (χ3v) is 3.96. The molecule has 5 heteroatoms. The van der Waals surface area contributed by atoms with Crippen LogP contribution in [-0.4, -0.2) is 29.3 Å². The number of benzene rings is 1. The summed E-state index contributed by atoms with van der Waals surface area (Å²) in [6, 6.07) is 4.41. The summed E-state index contributed by atoms with van der Waals surface area (Å²) in [5.41, 5.74) is 3.56. The zero-order valence-electron chi connectivity index (χ0n) is 14.3. The molecule has 0 fully saturated rings. The number of rotatable bonds is 6. The highest BCUT2D eigenvalue weighted by molar-refractivity contribution is 5.43. The lowest BCUT2D eigenvalue weighted by molar-refractivity contribution is 0.214. The Kier molecular flexibility index (Phi) is 5.19. The fourth-order valence-electron chi connectivity index (χ4n) is 2.64. The van der Waals surface area contributed by atoms with Gasteiger partial charge in [-0.25, -0.2) is 0 Å². The van der Waals surface area contributed by atoms with Crippen LogP contribution in [0.2, 0.25) is 0 Å². The highest BCUT2D eigenvalue weighted by Gasteiger charge is 2.19. The Balaban J connectivity index is 2.12. The molecular formula is C17H25N3O2. The molecule has 0 aliphatic heterocycles. The maximum Gasteiger partial charge on any atom is 0.233 e. The standard InChI is InChI=1S/C17H25N3O2/c1-7-15-18-19-17(22-15)13(4)20(5)10-14-8-11(2)16(21-6)12(3)9-14/h8-9,13H,7,10H2,1-6H3. The predicted octanol–water partition coefficient (Wildman–Crippen LogP) is 3.45. The molecule has 0 saturated heterocycles. The minimum Gasteiger partial charge on any atom is -0.496 e. The Morgan fingerprint density at radius 1 is 1.23 bits per heavy atom. The molecule has 0 radical (unpaired) electrons. The molecule has 2 aromatic rings. The lowest BCUT2D eigenvalue weighted by Gasteiger charge is -2.22. The molecule has 0 aliphatic carbocycles. The Labute approximate surface area is 132 Å². The molecule has 0 bridgehead atoms. The van der Waals surface area contributed by atoms with Crippen molar-refractivity contribution in [1.82, 2.24) is 15.1 Å². The fourth-order valence-corrected chi connectivity index (χ4v) is 2.64. The van der Waals surface area contributed by atoms with Crippen molar-refractivity contribution < 1.29 is 9.15 Å². The summed E-state index contributed by atoms with van der Waals surface area (Å²) < 4.78 is 11.1. The molecule has 120 valence electrons. The van der Waals surface area contributed by atoms with E-state index in [1.54, 1.807) is 7.11 Å². The molecule has 1 aromatic heterocycles. The highest BCUT2D eigenvalue weighted by Crippen LogP contribution is 2.26. The summed E-state index contributed by atoms with van der Waals surface area (Å²) in [6.45, 7) is 9.05. The maximum absolute atomic E-state index is 5.65. The zero-order valence-corrected chi connectivity index (χ0v) is 14.3. The molecule has 1 heterocycles. The third-order valence-electron chi connectivity index (χ3n) is 3.96. The number of methoxy groups -OCH3 is 1. The fraction of sp³-hybridized carbons (Fsp3) is 0.529. The summed E-state index contributed by atoms with van der Waals surface area (Å²) in [5, 5.41) is 8.17. The van der Waals surface area contributed by atoms with Crippen molar-refractivity contribution in [3.63, 3.8) is 0 Å². The van der Waals surface area contributed by atoms with Crippen LogP contribution in [0.3, 0.4) is 0 Å². The molecule has 0 N–H and O–H groups in total. The largest absolute Gasteiger partial charge is 0.496 e.